The Morgan fingerprint density at radius 1 is 0.395 bits per heavy atom. The number of benzene rings is 2. The van der Waals surface area contributed by atoms with E-state index in [0.717, 1.165) is 36.3 Å². The third-order valence-corrected chi connectivity index (χ3v) is 15.2. The standard InChI is InChI=1S/2C12H28OSi.2C6H6O.Ti/c2*1-4-7-10-14(13,11-8-5-2)12-9-6-3;2*7-6-4-2-1-3-5-6;/h2*13H,4-12H2,1-3H3;2*1-5,7H;. The first kappa shape index (κ1) is 46.5. The monoisotopic (exact) mass is 668 g/mol. The van der Waals surface area contributed by atoms with E-state index >= 15 is 0 Å². The molecule has 4 nitrogen and oxygen atoms in total. The Labute approximate surface area is 283 Å². The summed E-state index contributed by atoms with van der Waals surface area (Å²) < 4.78 is 0. The minimum Gasteiger partial charge on any atom is -0.508 e. The fourth-order valence-corrected chi connectivity index (χ4v) is 12.2. The topological polar surface area (TPSA) is 80.9 Å². The van der Waals surface area contributed by atoms with Crippen molar-refractivity contribution in [2.45, 2.75) is 155 Å². The molecule has 7 heteroatoms. The van der Waals surface area contributed by atoms with Gasteiger partial charge >= 0.3 is 0 Å². The zero-order chi connectivity index (χ0) is 32.0. The van der Waals surface area contributed by atoms with Gasteiger partial charge in [-0.15, -0.1) is 0 Å². The van der Waals surface area contributed by atoms with Gasteiger partial charge in [0, 0.05) is 21.7 Å². The van der Waals surface area contributed by atoms with Gasteiger partial charge < -0.3 is 19.8 Å². The smallest absolute Gasteiger partial charge is 0.188 e. The van der Waals surface area contributed by atoms with Crippen LogP contribution in [0, 0.1) is 0 Å². The quantitative estimate of drug-likeness (QED) is 0.119. The number of rotatable bonds is 18. The van der Waals surface area contributed by atoms with E-state index in [9.17, 15) is 9.59 Å². The largest absolute Gasteiger partial charge is 0.508 e. The van der Waals surface area contributed by atoms with Crippen molar-refractivity contribution in [3.63, 3.8) is 0 Å². The van der Waals surface area contributed by atoms with Crippen molar-refractivity contribution in [2.24, 2.45) is 0 Å². The molecular weight excluding hydrogens is 600 g/mol. The van der Waals surface area contributed by atoms with Gasteiger partial charge in [0.2, 0.25) is 0 Å². The molecule has 0 fully saturated rings. The Morgan fingerprint density at radius 3 is 0.698 bits per heavy atom. The average molecular weight is 669 g/mol. The minimum absolute atomic E-state index is 0. The molecule has 0 heterocycles. The minimum atomic E-state index is -1.81. The van der Waals surface area contributed by atoms with Gasteiger partial charge in [0.25, 0.3) is 0 Å². The zero-order valence-electron chi connectivity index (χ0n) is 28.8. The third-order valence-electron chi connectivity index (χ3n) is 7.49. The number of unbranched alkanes of at least 4 members (excludes halogenated alkanes) is 6. The van der Waals surface area contributed by atoms with E-state index in [1.807, 2.05) is 12.1 Å². The van der Waals surface area contributed by atoms with Crippen LogP contribution in [-0.4, -0.2) is 36.4 Å². The molecule has 0 radical (unpaired) electrons. The molecule has 0 aliphatic rings. The van der Waals surface area contributed by atoms with Crippen LogP contribution in [0.1, 0.15) is 119 Å². The fraction of sp³-hybridized carbons (Fsp3) is 0.667. The van der Waals surface area contributed by atoms with Gasteiger partial charge in [-0.2, -0.15) is 0 Å². The molecule has 0 saturated heterocycles. The Hall–Kier alpha value is -0.892. The van der Waals surface area contributed by atoms with Crippen LogP contribution in [0.2, 0.25) is 36.3 Å². The summed E-state index contributed by atoms with van der Waals surface area (Å²) in [5.74, 6) is 0.644. The molecular formula is C36H68O4Si2Ti. The SMILES string of the molecule is CCCC[Si](O)(CCCC)CCCC.CCCC[Si](O)(CCCC)CCCC.Oc1ccccc1.Oc1ccccc1.[Ti]. The van der Waals surface area contributed by atoms with Crippen molar-refractivity contribution in [1.29, 1.82) is 0 Å². The molecule has 0 bridgehead atoms. The summed E-state index contributed by atoms with van der Waals surface area (Å²) in [4.78, 5) is 21.1. The first-order chi connectivity index (χ1) is 20.2. The van der Waals surface area contributed by atoms with Crippen LogP contribution in [0.4, 0.5) is 0 Å². The summed E-state index contributed by atoms with van der Waals surface area (Å²) in [5, 5.41) is 17.3. The Balaban J connectivity index is -0.000000514. The van der Waals surface area contributed by atoms with Crippen molar-refractivity contribution in [1.82, 2.24) is 0 Å². The normalized spacial score (nSPS) is 10.6. The van der Waals surface area contributed by atoms with Crippen LogP contribution in [0.25, 0.3) is 0 Å². The van der Waals surface area contributed by atoms with Gasteiger partial charge in [0.1, 0.15) is 11.5 Å². The second-order valence-electron chi connectivity index (χ2n) is 11.7. The van der Waals surface area contributed by atoms with Crippen molar-refractivity contribution >= 4 is 16.6 Å². The molecule has 0 aliphatic heterocycles. The van der Waals surface area contributed by atoms with Gasteiger partial charge in [-0.05, 0) is 60.5 Å². The summed E-state index contributed by atoms with van der Waals surface area (Å²) in [6.07, 6.45) is 14.8. The molecule has 2 aromatic rings. The average Bonchev–Trinajstić information content (AvgIpc) is 3.01. The van der Waals surface area contributed by atoms with Crippen LogP contribution in [0.15, 0.2) is 60.7 Å². The van der Waals surface area contributed by atoms with Gasteiger partial charge in [0.15, 0.2) is 16.6 Å². The Morgan fingerprint density at radius 2 is 0.581 bits per heavy atom. The van der Waals surface area contributed by atoms with Crippen molar-refractivity contribution in [3.05, 3.63) is 60.7 Å². The second-order valence-corrected chi connectivity index (χ2v) is 19.6. The maximum absolute atomic E-state index is 10.5. The molecule has 0 spiro atoms. The Kier molecular flexibility index (Phi) is 35.2. The predicted molar refractivity (Wildman–Crippen MR) is 190 cm³/mol. The summed E-state index contributed by atoms with van der Waals surface area (Å²) in [7, 11) is -3.62. The maximum atomic E-state index is 10.5. The predicted octanol–water partition coefficient (Wildman–Crippen LogP) is 11.4. The molecule has 0 saturated carbocycles. The molecule has 248 valence electrons. The van der Waals surface area contributed by atoms with E-state index in [4.69, 9.17) is 10.2 Å². The molecule has 0 aromatic heterocycles. The Bertz CT molecular complexity index is 685. The number of hydrogen-bond donors (Lipinski definition) is 4. The summed E-state index contributed by atoms with van der Waals surface area (Å²) >= 11 is 0. The summed E-state index contributed by atoms with van der Waals surface area (Å²) in [6, 6.07) is 24.3. The van der Waals surface area contributed by atoms with Crippen LogP contribution in [0.5, 0.6) is 11.5 Å². The number of hydrogen-bond acceptors (Lipinski definition) is 4. The number of phenolic OH excluding ortho intramolecular Hbond substituents is 2. The van der Waals surface area contributed by atoms with Crippen LogP contribution in [-0.2, 0) is 21.7 Å². The van der Waals surface area contributed by atoms with Gasteiger partial charge in [-0.1, -0.05) is 155 Å². The third kappa shape index (κ3) is 30.9. The molecule has 4 N–H and O–H groups in total. The van der Waals surface area contributed by atoms with Gasteiger partial charge in [0.05, 0.1) is 0 Å². The van der Waals surface area contributed by atoms with Crippen molar-refractivity contribution in [2.75, 3.05) is 0 Å². The van der Waals surface area contributed by atoms with E-state index in [0.29, 0.717) is 11.5 Å². The number of aromatic hydroxyl groups is 2. The van der Waals surface area contributed by atoms with Gasteiger partial charge in [-0.3, -0.25) is 0 Å². The maximum Gasteiger partial charge on any atom is 0.188 e. The van der Waals surface area contributed by atoms with Crippen molar-refractivity contribution < 1.29 is 41.5 Å². The first-order valence-electron chi connectivity index (χ1n) is 17.1. The first-order valence-corrected chi connectivity index (χ1v) is 22.2. The second kappa shape index (κ2) is 32.5. The van der Waals surface area contributed by atoms with Crippen LogP contribution < -0.4 is 0 Å². The van der Waals surface area contributed by atoms with E-state index in [1.54, 1.807) is 48.5 Å². The van der Waals surface area contributed by atoms with E-state index in [1.165, 1.54) is 77.0 Å². The number of phenols is 2. The molecule has 43 heavy (non-hydrogen) atoms. The van der Waals surface area contributed by atoms with Gasteiger partial charge in [-0.25, -0.2) is 0 Å². The number of para-hydroxylation sites is 2. The summed E-state index contributed by atoms with van der Waals surface area (Å²) in [6.45, 7) is 13.3. The molecule has 2 rings (SSSR count). The molecule has 0 atom stereocenters. The molecule has 0 unspecified atom stereocenters. The van der Waals surface area contributed by atoms with E-state index in [-0.39, 0.29) is 21.7 Å². The molecule has 0 amide bonds. The van der Waals surface area contributed by atoms with Crippen LogP contribution >= 0.6 is 0 Å². The fourth-order valence-electron chi connectivity index (χ4n) is 4.64. The van der Waals surface area contributed by atoms with Crippen LogP contribution in [0.3, 0.4) is 0 Å². The van der Waals surface area contributed by atoms with E-state index < -0.39 is 16.6 Å². The summed E-state index contributed by atoms with van der Waals surface area (Å²) in [5.41, 5.74) is 0. The molecule has 2 aromatic carbocycles. The zero-order valence-corrected chi connectivity index (χ0v) is 32.4. The van der Waals surface area contributed by atoms with E-state index in [2.05, 4.69) is 41.5 Å². The van der Waals surface area contributed by atoms with Crippen molar-refractivity contribution in [3.8, 4) is 11.5 Å². The molecule has 0 aliphatic carbocycles.